The summed E-state index contributed by atoms with van der Waals surface area (Å²) in [5.74, 6) is -0.777. The second-order valence-corrected chi connectivity index (χ2v) is 5.56. The van der Waals surface area contributed by atoms with E-state index in [4.69, 9.17) is 5.11 Å². The Bertz CT molecular complexity index is 397. The quantitative estimate of drug-likeness (QED) is 0.661. The molecule has 0 bridgehead atoms. The van der Waals surface area contributed by atoms with Crippen molar-refractivity contribution in [3.05, 3.63) is 23.8 Å². The Kier molecular flexibility index (Phi) is 14.4. The number of likely N-dealkylation sites (N-methyl/N-ethyl adjacent to an activating group) is 1. The predicted octanol–water partition coefficient (Wildman–Crippen LogP) is 3.18. The number of carbonyl (C=O) groups is 2. The molecule has 0 aromatic heterocycles. The van der Waals surface area contributed by atoms with Crippen molar-refractivity contribution >= 4 is 11.9 Å². The van der Waals surface area contributed by atoms with Gasteiger partial charge in [0.2, 0.25) is 5.91 Å². The largest absolute Gasteiger partial charge is 0.478 e. The van der Waals surface area contributed by atoms with Crippen LogP contribution in [0.15, 0.2) is 23.8 Å². The smallest absolute Gasteiger partial charge is 0.331 e. The van der Waals surface area contributed by atoms with Crippen LogP contribution in [-0.2, 0) is 9.59 Å². The SMILES string of the molecule is C=C(CCN(CC)CC)C(=O)O.CCCC=C(C)C(=O)N(C)C. The molecule has 0 aliphatic heterocycles. The second-order valence-electron chi connectivity index (χ2n) is 5.56. The van der Waals surface area contributed by atoms with Crippen LogP contribution < -0.4 is 0 Å². The van der Waals surface area contributed by atoms with E-state index in [1.54, 1.807) is 19.0 Å². The maximum atomic E-state index is 11.2. The highest BCUT2D eigenvalue weighted by Gasteiger charge is 2.05. The Labute approximate surface area is 141 Å². The van der Waals surface area contributed by atoms with Crippen LogP contribution in [0, 0.1) is 0 Å². The molecule has 0 unspecified atom stereocenters. The molecule has 0 radical (unpaired) electrons. The number of carbonyl (C=O) groups excluding carboxylic acids is 1. The lowest BCUT2D eigenvalue weighted by Gasteiger charge is -2.17. The molecule has 1 amide bonds. The van der Waals surface area contributed by atoms with Gasteiger partial charge in [0.05, 0.1) is 0 Å². The van der Waals surface area contributed by atoms with E-state index in [9.17, 15) is 9.59 Å². The van der Waals surface area contributed by atoms with Crippen molar-refractivity contribution < 1.29 is 14.7 Å². The first-order valence-corrected chi connectivity index (χ1v) is 8.22. The molecule has 0 heterocycles. The van der Waals surface area contributed by atoms with Gasteiger partial charge < -0.3 is 14.9 Å². The van der Waals surface area contributed by atoms with Crippen LogP contribution in [0.1, 0.15) is 47.0 Å². The first-order chi connectivity index (χ1) is 10.7. The molecular formula is C18H34N2O3. The molecule has 0 aromatic rings. The maximum absolute atomic E-state index is 11.2. The van der Waals surface area contributed by atoms with E-state index in [1.165, 1.54) is 0 Å². The molecule has 23 heavy (non-hydrogen) atoms. The summed E-state index contributed by atoms with van der Waals surface area (Å²) in [4.78, 5) is 25.4. The summed E-state index contributed by atoms with van der Waals surface area (Å²) < 4.78 is 0. The number of aliphatic carboxylic acids is 1. The number of carboxylic acid groups (broad SMARTS) is 1. The summed E-state index contributed by atoms with van der Waals surface area (Å²) in [6.45, 7) is 14.3. The van der Waals surface area contributed by atoms with E-state index in [0.717, 1.165) is 38.0 Å². The van der Waals surface area contributed by atoms with Gasteiger partial charge in [-0.15, -0.1) is 0 Å². The van der Waals surface area contributed by atoms with Crippen molar-refractivity contribution in [1.29, 1.82) is 0 Å². The molecule has 1 N–H and O–H groups in total. The van der Waals surface area contributed by atoms with E-state index < -0.39 is 5.97 Å². The van der Waals surface area contributed by atoms with Gasteiger partial charge in [-0.05, 0) is 32.9 Å². The summed E-state index contributed by atoms with van der Waals surface area (Å²) in [7, 11) is 3.54. The highest BCUT2D eigenvalue weighted by atomic mass is 16.4. The van der Waals surface area contributed by atoms with Crippen LogP contribution in [0.25, 0.3) is 0 Å². The van der Waals surface area contributed by atoms with Gasteiger partial charge in [0, 0.05) is 31.8 Å². The molecular weight excluding hydrogens is 292 g/mol. The lowest BCUT2D eigenvalue weighted by Crippen LogP contribution is -2.24. The van der Waals surface area contributed by atoms with Gasteiger partial charge in [0.1, 0.15) is 0 Å². The fraction of sp³-hybridized carbons (Fsp3) is 0.667. The fourth-order valence-electron chi connectivity index (χ4n) is 1.74. The fourth-order valence-corrected chi connectivity index (χ4v) is 1.74. The lowest BCUT2D eigenvalue weighted by molar-refractivity contribution is -0.132. The number of hydrogen-bond donors (Lipinski definition) is 1. The number of allylic oxidation sites excluding steroid dienone is 1. The third-order valence-corrected chi connectivity index (χ3v) is 3.41. The number of amides is 1. The maximum Gasteiger partial charge on any atom is 0.331 e. The van der Waals surface area contributed by atoms with E-state index in [1.807, 2.05) is 13.0 Å². The summed E-state index contributed by atoms with van der Waals surface area (Å²) in [5, 5.41) is 8.52. The monoisotopic (exact) mass is 326 g/mol. The lowest BCUT2D eigenvalue weighted by atomic mass is 10.2. The Morgan fingerprint density at radius 2 is 1.65 bits per heavy atom. The van der Waals surface area contributed by atoms with Crippen molar-refractivity contribution in [1.82, 2.24) is 9.80 Å². The van der Waals surface area contributed by atoms with Gasteiger partial charge in [0.15, 0.2) is 0 Å². The number of carboxylic acids is 1. The van der Waals surface area contributed by atoms with Gasteiger partial charge in [0.25, 0.3) is 0 Å². The van der Waals surface area contributed by atoms with Crippen LogP contribution in [0.3, 0.4) is 0 Å². The zero-order valence-electron chi connectivity index (χ0n) is 15.7. The van der Waals surface area contributed by atoms with Gasteiger partial charge in [-0.2, -0.15) is 0 Å². The summed E-state index contributed by atoms with van der Waals surface area (Å²) in [6, 6.07) is 0. The summed E-state index contributed by atoms with van der Waals surface area (Å²) in [6.07, 6.45) is 4.63. The molecule has 0 aromatic carbocycles. The molecule has 0 spiro atoms. The van der Waals surface area contributed by atoms with Crippen LogP contribution >= 0.6 is 0 Å². The van der Waals surface area contributed by atoms with E-state index in [-0.39, 0.29) is 5.91 Å². The molecule has 0 saturated carbocycles. The topological polar surface area (TPSA) is 60.9 Å². The number of hydrogen-bond acceptors (Lipinski definition) is 3. The van der Waals surface area contributed by atoms with Gasteiger partial charge in [-0.1, -0.05) is 39.8 Å². The van der Waals surface area contributed by atoms with Crippen LogP contribution in [0.4, 0.5) is 0 Å². The zero-order valence-corrected chi connectivity index (χ0v) is 15.7. The zero-order chi connectivity index (χ0) is 18.4. The van der Waals surface area contributed by atoms with E-state index >= 15 is 0 Å². The summed E-state index contributed by atoms with van der Waals surface area (Å²) in [5.41, 5.74) is 1.14. The minimum absolute atomic E-state index is 0.110. The van der Waals surface area contributed by atoms with Crippen molar-refractivity contribution in [2.45, 2.75) is 47.0 Å². The minimum Gasteiger partial charge on any atom is -0.478 e. The highest BCUT2D eigenvalue weighted by molar-refractivity contribution is 5.92. The van der Waals surface area contributed by atoms with Crippen molar-refractivity contribution in [3.8, 4) is 0 Å². The standard InChI is InChI=1S/C9H17NO2.C9H17NO/c1-4-10(5-2)7-6-8(3)9(11)12;1-5-6-7-8(2)9(11)10(3)4/h3-7H2,1-2H3,(H,11,12);7H,5-6H2,1-4H3. The van der Waals surface area contributed by atoms with E-state index in [2.05, 4.69) is 32.3 Å². The molecule has 5 nitrogen and oxygen atoms in total. The van der Waals surface area contributed by atoms with Crippen LogP contribution in [-0.4, -0.2) is 60.5 Å². The normalized spacial score (nSPS) is 10.8. The van der Waals surface area contributed by atoms with Crippen molar-refractivity contribution in [2.24, 2.45) is 0 Å². The van der Waals surface area contributed by atoms with Gasteiger partial charge in [-0.3, -0.25) is 4.79 Å². The average Bonchev–Trinajstić information content (AvgIpc) is 2.52. The minimum atomic E-state index is -0.887. The molecule has 134 valence electrons. The molecule has 0 aliphatic carbocycles. The van der Waals surface area contributed by atoms with E-state index in [0.29, 0.717) is 12.0 Å². The second kappa shape index (κ2) is 14.0. The van der Waals surface area contributed by atoms with Crippen LogP contribution in [0.2, 0.25) is 0 Å². The molecule has 0 atom stereocenters. The van der Waals surface area contributed by atoms with Crippen molar-refractivity contribution in [2.75, 3.05) is 33.7 Å². The molecule has 0 aliphatic rings. The first-order valence-electron chi connectivity index (χ1n) is 8.22. The number of rotatable bonds is 9. The average molecular weight is 326 g/mol. The Morgan fingerprint density at radius 3 is 2.00 bits per heavy atom. The summed E-state index contributed by atoms with van der Waals surface area (Å²) >= 11 is 0. The Hall–Kier alpha value is -1.62. The molecule has 0 saturated heterocycles. The number of nitrogens with zero attached hydrogens (tertiary/aromatic N) is 2. The first kappa shape index (κ1) is 23.6. The van der Waals surface area contributed by atoms with Crippen molar-refractivity contribution in [3.63, 3.8) is 0 Å². The molecule has 0 rings (SSSR count). The number of unbranched alkanes of at least 4 members (excludes halogenated alkanes) is 1. The van der Waals surface area contributed by atoms with Crippen LogP contribution in [0.5, 0.6) is 0 Å². The third kappa shape index (κ3) is 12.6. The van der Waals surface area contributed by atoms with Gasteiger partial charge in [-0.25, -0.2) is 4.79 Å². The Morgan fingerprint density at radius 1 is 1.13 bits per heavy atom. The highest BCUT2D eigenvalue weighted by Crippen LogP contribution is 2.01. The Balaban J connectivity index is 0. The predicted molar refractivity (Wildman–Crippen MR) is 96.5 cm³/mol. The molecule has 5 heteroatoms. The third-order valence-electron chi connectivity index (χ3n) is 3.41. The van der Waals surface area contributed by atoms with Gasteiger partial charge >= 0.3 is 5.97 Å². The molecule has 0 fully saturated rings.